The normalized spacial score (nSPS) is 14.8. The standard InChI is InChI=1S/C27H29ClFN5O3/c1-31(2)21-7-3-19(4-8-21)26(18-30-27(35)24-12-11-23(34(36)37)17-25(24)28)33-15-13-32(14-16-33)22-9-5-20(29)6-10-22/h3-12,17,26H,13-16,18H2,1-2H3,(H,30,35). The number of anilines is 2. The molecule has 3 aromatic rings. The van der Waals surface area contributed by atoms with Gasteiger partial charge in [-0.1, -0.05) is 23.7 Å². The number of halogens is 2. The molecule has 1 aliphatic heterocycles. The lowest BCUT2D eigenvalue weighted by atomic mass is 10.0. The highest BCUT2D eigenvalue weighted by atomic mass is 35.5. The Balaban J connectivity index is 1.49. The molecule has 1 N–H and O–H groups in total. The quantitative estimate of drug-likeness (QED) is 0.338. The second kappa shape index (κ2) is 11.6. The molecule has 10 heteroatoms. The Kier molecular flexibility index (Phi) is 8.25. The lowest BCUT2D eigenvalue weighted by Gasteiger charge is -2.40. The Bertz CT molecular complexity index is 1250. The fourth-order valence-corrected chi connectivity index (χ4v) is 4.74. The van der Waals surface area contributed by atoms with Gasteiger partial charge in [0.1, 0.15) is 5.82 Å². The van der Waals surface area contributed by atoms with Crippen molar-refractivity contribution in [3.63, 3.8) is 0 Å². The predicted molar refractivity (Wildman–Crippen MR) is 144 cm³/mol. The third-order valence-corrected chi connectivity index (χ3v) is 6.92. The zero-order valence-electron chi connectivity index (χ0n) is 20.7. The third-order valence-electron chi connectivity index (χ3n) is 6.61. The molecule has 1 aliphatic rings. The topological polar surface area (TPSA) is 82.0 Å². The molecule has 4 rings (SSSR count). The van der Waals surface area contributed by atoms with Crippen molar-refractivity contribution in [1.82, 2.24) is 10.2 Å². The molecule has 3 aromatic carbocycles. The van der Waals surface area contributed by atoms with Crippen LogP contribution in [0.1, 0.15) is 22.0 Å². The van der Waals surface area contributed by atoms with Crippen LogP contribution in [0.4, 0.5) is 21.5 Å². The van der Waals surface area contributed by atoms with E-state index in [2.05, 4.69) is 27.2 Å². The molecule has 8 nitrogen and oxygen atoms in total. The SMILES string of the molecule is CN(C)c1ccc(C(CNC(=O)c2ccc([N+](=O)[O-])cc2Cl)N2CCN(c3ccc(F)cc3)CC2)cc1. The maximum atomic E-state index is 13.3. The second-order valence-corrected chi connectivity index (χ2v) is 9.54. The van der Waals surface area contributed by atoms with E-state index in [0.717, 1.165) is 43.1 Å². The van der Waals surface area contributed by atoms with Crippen LogP contribution in [0.2, 0.25) is 5.02 Å². The Morgan fingerprint density at radius 1 is 1.05 bits per heavy atom. The molecule has 0 saturated carbocycles. The summed E-state index contributed by atoms with van der Waals surface area (Å²) in [5, 5.41) is 14.0. The van der Waals surface area contributed by atoms with Crippen LogP contribution in [-0.2, 0) is 0 Å². The zero-order valence-corrected chi connectivity index (χ0v) is 21.5. The molecule has 0 bridgehead atoms. The van der Waals surface area contributed by atoms with E-state index in [1.165, 1.54) is 30.3 Å². The number of hydrogen-bond acceptors (Lipinski definition) is 6. The summed E-state index contributed by atoms with van der Waals surface area (Å²) in [4.78, 5) is 30.0. The highest BCUT2D eigenvalue weighted by Gasteiger charge is 2.26. The number of hydrogen-bond donors (Lipinski definition) is 1. The average molecular weight is 526 g/mol. The predicted octanol–water partition coefficient (Wildman–Crippen LogP) is 4.75. The first-order valence-corrected chi connectivity index (χ1v) is 12.3. The van der Waals surface area contributed by atoms with Gasteiger partial charge in [0.25, 0.3) is 11.6 Å². The number of rotatable bonds is 8. The Morgan fingerprint density at radius 2 is 1.70 bits per heavy atom. The number of piperazine rings is 1. The number of carbonyl (C=O) groups excluding carboxylic acids is 1. The first-order chi connectivity index (χ1) is 17.7. The Labute approximate surface area is 220 Å². The van der Waals surface area contributed by atoms with Crippen molar-refractivity contribution in [3.8, 4) is 0 Å². The third kappa shape index (κ3) is 6.36. The van der Waals surface area contributed by atoms with E-state index in [9.17, 15) is 19.3 Å². The molecule has 1 heterocycles. The van der Waals surface area contributed by atoms with Gasteiger partial charge in [-0.3, -0.25) is 19.8 Å². The molecule has 0 radical (unpaired) electrons. The maximum absolute atomic E-state index is 13.3. The molecule has 0 spiro atoms. The van der Waals surface area contributed by atoms with Gasteiger partial charge in [-0.25, -0.2) is 4.39 Å². The summed E-state index contributed by atoms with van der Waals surface area (Å²) in [6, 6.07) is 18.5. The number of non-ortho nitro benzene ring substituents is 1. The summed E-state index contributed by atoms with van der Waals surface area (Å²) in [6.07, 6.45) is 0. The molecule has 1 unspecified atom stereocenters. The van der Waals surface area contributed by atoms with Gasteiger partial charge >= 0.3 is 0 Å². The average Bonchev–Trinajstić information content (AvgIpc) is 2.89. The Hall–Kier alpha value is -3.69. The van der Waals surface area contributed by atoms with E-state index in [1.54, 1.807) is 12.1 Å². The number of amides is 1. The first kappa shape index (κ1) is 26.4. The van der Waals surface area contributed by atoms with E-state index in [-0.39, 0.29) is 34.0 Å². The van der Waals surface area contributed by atoms with Crippen molar-refractivity contribution in [2.24, 2.45) is 0 Å². The molecular formula is C27H29ClFN5O3. The number of nitrogens with one attached hydrogen (secondary N) is 1. The summed E-state index contributed by atoms with van der Waals surface area (Å²) in [7, 11) is 3.96. The van der Waals surface area contributed by atoms with Gasteiger partial charge in [0, 0.05) is 70.3 Å². The summed E-state index contributed by atoms with van der Waals surface area (Å²) in [5.74, 6) is -0.646. The van der Waals surface area contributed by atoms with Crippen LogP contribution >= 0.6 is 11.6 Å². The summed E-state index contributed by atoms with van der Waals surface area (Å²) < 4.78 is 13.3. The minimum Gasteiger partial charge on any atom is -0.378 e. The van der Waals surface area contributed by atoms with Gasteiger partial charge in [-0.05, 0) is 48.0 Å². The van der Waals surface area contributed by atoms with Crippen molar-refractivity contribution in [2.45, 2.75) is 6.04 Å². The lowest BCUT2D eigenvalue weighted by Crippen LogP contribution is -2.50. The smallest absolute Gasteiger partial charge is 0.270 e. The van der Waals surface area contributed by atoms with Crippen LogP contribution in [0, 0.1) is 15.9 Å². The van der Waals surface area contributed by atoms with Gasteiger partial charge in [-0.15, -0.1) is 0 Å². The highest BCUT2D eigenvalue weighted by molar-refractivity contribution is 6.34. The second-order valence-electron chi connectivity index (χ2n) is 9.13. The molecule has 1 fully saturated rings. The van der Waals surface area contributed by atoms with Crippen LogP contribution < -0.4 is 15.1 Å². The van der Waals surface area contributed by atoms with Gasteiger partial charge in [0.15, 0.2) is 0 Å². The van der Waals surface area contributed by atoms with E-state index < -0.39 is 4.92 Å². The van der Waals surface area contributed by atoms with Crippen molar-refractivity contribution in [1.29, 1.82) is 0 Å². The monoisotopic (exact) mass is 525 g/mol. The van der Waals surface area contributed by atoms with Crippen molar-refractivity contribution in [3.05, 3.63) is 98.8 Å². The highest BCUT2D eigenvalue weighted by Crippen LogP contribution is 2.27. The van der Waals surface area contributed by atoms with Gasteiger partial charge in [-0.2, -0.15) is 0 Å². The van der Waals surface area contributed by atoms with Gasteiger partial charge in [0.05, 0.1) is 21.6 Å². The molecule has 37 heavy (non-hydrogen) atoms. The van der Waals surface area contributed by atoms with Gasteiger partial charge < -0.3 is 15.1 Å². The lowest BCUT2D eigenvalue weighted by molar-refractivity contribution is -0.384. The van der Waals surface area contributed by atoms with Crippen LogP contribution in [0.25, 0.3) is 0 Å². The first-order valence-electron chi connectivity index (χ1n) is 12.0. The van der Waals surface area contributed by atoms with Gasteiger partial charge in [0.2, 0.25) is 0 Å². The fraction of sp³-hybridized carbons (Fsp3) is 0.296. The number of nitro groups is 1. The van der Waals surface area contributed by atoms with E-state index >= 15 is 0 Å². The number of nitrogens with zero attached hydrogens (tertiary/aromatic N) is 4. The maximum Gasteiger partial charge on any atom is 0.270 e. The molecule has 1 atom stereocenters. The minimum absolute atomic E-state index is 0.0338. The summed E-state index contributed by atoms with van der Waals surface area (Å²) >= 11 is 6.17. The van der Waals surface area contributed by atoms with Crippen LogP contribution in [0.5, 0.6) is 0 Å². The molecule has 1 amide bonds. The number of carbonyl (C=O) groups is 1. The van der Waals surface area contributed by atoms with Crippen LogP contribution in [0.15, 0.2) is 66.7 Å². The summed E-state index contributed by atoms with van der Waals surface area (Å²) in [5.41, 5.74) is 3.14. The van der Waals surface area contributed by atoms with E-state index in [1.807, 2.05) is 31.1 Å². The van der Waals surface area contributed by atoms with Crippen molar-refractivity contribution < 1.29 is 14.1 Å². The van der Waals surface area contributed by atoms with Crippen LogP contribution in [-0.4, -0.2) is 62.5 Å². The molecule has 0 aliphatic carbocycles. The van der Waals surface area contributed by atoms with Crippen molar-refractivity contribution >= 4 is 34.6 Å². The number of nitro benzene ring substituents is 1. The molecule has 194 valence electrons. The van der Waals surface area contributed by atoms with E-state index in [4.69, 9.17) is 11.6 Å². The van der Waals surface area contributed by atoms with Crippen molar-refractivity contribution in [2.75, 3.05) is 56.6 Å². The molecule has 0 aromatic heterocycles. The number of benzene rings is 3. The van der Waals surface area contributed by atoms with E-state index in [0.29, 0.717) is 6.54 Å². The fourth-order valence-electron chi connectivity index (χ4n) is 4.48. The van der Waals surface area contributed by atoms with Crippen LogP contribution in [0.3, 0.4) is 0 Å². The Morgan fingerprint density at radius 3 is 2.27 bits per heavy atom. The zero-order chi connectivity index (χ0) is 26.5. The minimum atomic E-state index is -0.549. The largest absolute Gasteiger partial charge is 0.378 e. The summed E-state index contributed by atoms with van der Waals surface area (Å²) in [6.45, 7) is 3.38. The molecular weight excluding hydrogens is 497 g/mol. The molecule has 1 saturated heterocycles.